The fourth-order valence-electron chi connectivity index (χ4n) is 4.58. The summed E-state index contributed by atoms with van der Waals surface area (Å²) in [4.78, 5) is 26.0. The smallest absolute Gasteiger partial charge is 0.416 e. The summed E-state index contributed by atoms with van der Waals surface area (Å²) in [6.07, 6.45) is -10.6. The van der Waals surface area contributed by atoms with Gasteiger partial charge in [0.25, 0.3) is 5.91 Å². The quantitative estimate of drug-likeness (QED) is 0.561. The van der Waals surface area contributed by atoms with E-state index in [1.807, 2.05) is 0 Å². The van der Waals surface area contributed by atoms with Gasteiger partial charge in [0.1, 0.15) is 11.4 Å². The molecule has 2 amide bonds. The molecule has 12 heteroatoms. The van der Waals surface area contributed by atoms with Gasteiger partial charge in [0.15, 0.2) is 0 Å². The molecule has 188 valence electrons. The molecular formula is C23H19F7N2O3. The molecule has 0 aromatic heterocycles. The van der Waals surface area contributed by atoms with Gasteiger partial charge in [-0.3, -0.25) is 4.79 Å². The number of alkyl carbamates (subject to hydrolysis) is 1. The average Bonchev–Trinajstić information content (AvgIpc) is 2.78. The maximum absolute atomic E-state index is 13.4. The Kier molecular flexibility index (Phi) is 6.18. The largest absolute Gasteiger partial charge is 0.442 e. The van der Waals surface area contributed by atoms with Crippen LogP contribution < -0.4 is 5.32 Å². The van der Waals surface area contributed by atoms with Crippen molar-refractivity contribution < 1.29 is 45.1 Å². The van der Waals surface area contributed by atoms with Gasteiger partial charge in [-0.15, -0.1) is 0 Å². The van der Waals surface area contributed by atoms with Crippen LogP contribution in [0.1, 0.15) is 45.8 Å². The second kappa shape index (κ2) is 8.72. The number of nitrogens with zero attached hydrogens (tertiary/aromatic N) is 1. The molecule has 1 N–H and O–H groups in total. The summed E-state index contributed by atoms with van der Waals surface area (Å²) in [7, 11) is 0. The first-order valence-corrected chi connectivity index (χ1v) is 10.6. The Labute approximate surface area is 194 Å². The number of amides is 2. The van der Waals surface area contributed by atoms with Gasteiger partial charge < -0.3 is 15.0 Å². The van der Waals surface area contributed by atoms with E-state index in [2.05, 4.69) is 5.32 Å². The van der Waals surface area contributed by atoms with Crippen LogP contribution in [0, 0.1) is 5.82 Å². The number of piperidine rings is 1. The van der Waals surface area contributed by atoms with Crippen LogP contribution in [0.15, 0.2) is 42.5 Å². The standard InChI is InChI=1S/C23H19F7N2O3/c24-17-3-1-13(2-4-17)18-12-31-20(34)35-21(18)5-7-32(8-6-21)19(33)14-9-15(22(25,26)27)11-16(10-14)23(28,29)30/h1-4,9-11,18H,5-8,12H2,(H,31,34). The summed E-state index contributed by atoms with van der Waals surface area (Å²) in [6, 6.07) is 6.35. The third kappa shape index (κ3) is 5.06. The van der Waals surface area contributed by atoms with E-state index in [4.69, 9.17) is 4.74 Å². The molecule has 1 spiro atoms. The molecule has 0 aliphatic carbocycles. The molecule has 2 saturated heterocycles. The molecule has 1 atom stereocenters. The molecule has 2 heterocycles. The van der Waals surface area contributed by atoms with E-state index in [-0.39, 0.29) is 38.5 Å². The lowest BCUT2D eigenvalue weighted by atomic mass is 9.74. The Morgan fingerprint density at radius 3 is 2.00 bits per heavy atom. The number of halogens is 7. The zero-order valence-electron chi connectivity index (χ0n) is 18.0. The molecule has 0 saturated carbocycles. The van der Waals surface area contributed by atoms with E-state index in [1.54, 1.807) is 12.1 Å². The highest BCUT2D eigenvalue weighted by Gasteiger charge is 2.49. The van der Waals surface area contributed by atoms with Crippen LogP contribution in [0.3, 0.4) is 0 Å². The number of likely N-dealkylation sites (tertiary alicyclic amines) is 1. The van der Waals surface area contributed by atoms with Crippen molar-refractivity contribution in [3.05, 3.63) is 70.5 Å². The second-order valence-electron chi connectivity index (χ2n) is 8.53. The van der Waals surface area contributed by atoms with Crippen LogP contribution in [0.4, 0.5) is 35.5 Å². The van der Waals surface area contributed by atoms with Crippen LogP contribution in [-0.2, 0) is 17.1 Å². The number of nitrogens with one attached hydrogen (secondary N) is 1. The lowest BCUT2D eigenvalue weighted by Gasteiger charge is -2.48. The first kappa shape index (κ1) is 24.8. The molecule has 2 aliphatic rings. The van der Waals surface area contributed by atoms with Crippen molar-refractivity contribution >= 4 is 12.0 Å². The average molecular weight is 504 g/mol. The number of rotatable bonds is 2. The summed E-state index contributed by atoms with van der Waals surface area (Å²) in [5.74, 6) is -1.85. The summed E-state index contributed by atoms with van der Waals surface area (Å²) in [6.45, 7) is 0.0454. The Balaban J connectivity index is 1.58. The van der Waals surface area contributed by atoms with Crippen LogP contribution >= 0.6 is 0 Å². The van der Waals surface area contributed by atoms with E-state index >= 15 is 0 Å². The number of hydrogen-bond donors (Lipinski definition) is 1. The van der Waals surface area contributed by atoms with Crippen molar-refractivity contribution in [2.75, 3.05) is 19.6 Å². The maximum Gasteiger partial charge on any atom is 0.416 e. The molecule has 2 aromatic rings. The van der Waals surface area contributed by atoms with Crippen LogP contribution in [0.2, 0.25) is 0 Å². The topological polar surface area (TPSA) is 58.6 Å². The lowest BCUT2D eigenvalue weighted by Crippen LogP contribution is -2.58. The highest BCUT2D eigenvalue weighted by molar-refractivity contribution is 5.94. The number of ether oxygens (including phenoxy) is 1. The molecule has 5 nitrogen and oxygen atoms in total. The van der Waals surface area contributed by atoms with Gasteiger partial charge in [0.2, 0.25) is 0 Å². The third-order valence-corrected chi connectivity index (χ3v) is 6.39. The first-order chi connectivity index (χ1) is 16.3. The van der Waals surface area contributed by atoms with Crippen LogP contribution in [0.5, 0.6) is 0 Å². The molecule has 4 rings (SSSR count). The monoisotopic (exact) mass is 504 g/mol. The molecule has 1 unspecified atom stereocenters. The van der Waals surface area contributed by atoms with Crippen molar-refractivity contribution in [3.8, 4) is 0 Å². The van der Waals surface area contributed by atoms with Crippen LogP contribution in [-0.4, -0.2) is 42.1 Å². The van der Waals surface area contributed by atoms with E-state index in [0.717, 1.165) is 4.90 Å². The van der Waals surface area contributed by atoms with Gasteiger partial charge in [-0.25, -0.2) is 9.18 Å². The fourth-order valence-corrected chi connectivity index (χ4v) is 4.58. The number of carbonyl (C=O) groups excluding carboxylic acids is 2. The Hall–Kier alpha value is -3.31. The number of carbonyl (C=O) groups is 2. The van der Waals surface area contributed by atoms with Crippen LogP contribution in [0.25, 0.3) is 0 Å². The minimum atomic E-state index is -5.08. The fraction of sp³-hybridized carbons (Fsp3) is 0.391. The van der Waals surface area contributed by atoms with Crippen molar-refractivity contribution in [1.29, 1.82) is 0 Å². The van der Waals surface area contributed by atoms with Gasteiger partial charge in [-0.05, 0) is 35.9 Å². The molecule has 2 aliphatic heterocycles. The highest BCUT2D eigenvalue weighted by atomic mass is 19.4. The maximum atomic E-state index is 13.4. The van der Waals surface area contributed by atoms with E-state index in [0.29, 0.717) is 17.7 Å². The predicted molar refractivity (Wildman–Crippen MR) is 108 cm³/mol. The third-order valence-electron chi connectivity index (χ3n) is 6.39. The van der Waals surface area contributed by atoms with Crippen molar-refractivity contribution in [1.82, 2.24) is 10.2 Å². The number of alkyl halides is 6. The predicted octanol–water partition coefficient (Wildman–Crippen LogP) is 5.36. The second-order valence-corrected chi connectivity index (χ2v) is 8.53. The van der Waals surface area contributed by atoms with Crippen molar-refractivity contribution in [3.63, 3.8) is 0 Å². The molecule has 2 fully saturated rings. The Morgan fingerprint density at radius 2 is 1.49 bits per heavy atom. The van der Waals surface area contributed by atoms with E-state index < -0.39 is 58.4 Å². The molecule has 0 radical (unpaired) electrons. The van der Waals surface area contributed by atoms with Gasteiger partial charge in [0, 0.05) is 44.0 Å². The number of hydrogen-bond acceptors (Lipinski definition) is 3. The molecular weight excluding hydrogens is 485 g/mol. The zero-order valence-corrected chi connectivity index (χ0v) is 18.0. The summed E-state index contributed by atoms with van der Waals surface area (Å²) in [5, 5.41) is 2.57. The molecule has 2 aromatic carbocycles. The van der Waals surface area contributed by atoms with E-state index in [1.165, 1.54) is 12.1 Å². The first-order valence-electron chi connectivity index (χ1n) is 10.6. The van der Waals surface area contributed by atoms with Gasteiger partial charge in [-0.1, -0.05) is 12.1 Å². The summed E-state index contributed by atoms with van der Waals surface area (Å²) < 4.78 is 98.0. The zero-order chi connectivity index (χ0) is 25.6. The van der Waals surface area contributed by atoms with Gasteiger partial charge in [0.05, 0.1) is 11.1 Å². The van der Waals surface area contributed by atoms with Crippen molar-refractivity contribution in [2.45, 2.75) is 36.7 Å². The normalized spacial score (nSPS) is 20.4. The summed E-state index contributed by atoms with van der Waals surface area (Å²) in [5.41, 5.74) is -4.28. The number of benzene rings is 2. The SMILES string of the molecule is O=C1NCC(c2ccc(F)cc2)C2(CCN(C(=O)c3cc(C(F)(F)F)cc(C(F)(F)F)c3)CC2)O1. The lowest BCUT2D eigenvalue weighted by molar-refractivity contribution is -0.143. The van der Waals surface area contributed by atoms with Gasteiger partial charge in [-0.2, -0.15) is 26.3 Å². The molecule has 0 bridgehead atoms. The Morgan fingerprint density at radius 1 is 0.943 bits per heavy atom. The van der Waals surface area contributed by atoms with E-state index in [9.17, 15) is 40.3 Å². The minimum Gasteiger partial charge on any atom is -0.442 e. The van der Waals surface area contributed by atoms with Crippen molar-refractivity contribution in [2.24, 2.45) is 0 Å². The Bertz CT molecular complexity index is 1090. The highest BCUT2D eigenvalue weighted by Crippen LogP contribution is 2.42. The minimum absolute atomic E-state index is 0.0379. The molecule has 35 heavy (non-hydrogen) atoms. The van der Waals surface area contributed by atoms with Gasteiger partial charge >= 0.3 is 18.4 Å². The summed E-state index contributed by atoms with van der Waals surface area (Å²) >= 11 is 0.